The van der Waals surface area contributed by atoms with E-state index < -0.39 is 11.6 Å². The molecule has 2 nitrogen and oxygen atoms in total. The first-order chi connectivity index (χ1) is 8.70. The second-order valence-corrected chi connectivity index (χ2v) is 4.86. The highest BCUT2D eigenvalue weighted by Crippen LogP contribution is 2.15. The van der Waals surface area contributed by atoms with Gasteiger partial charge in [-0.1, -0.05) is 19.1 Å². The zero-order valence-electron chi connectivity index (χ0n) is 10.8. The van der Waals surface area contributed by atoms with Crippen molar-refractivity contribution in [2.45, 2.75) is 32.4 Å². The highest BCUT2D eigenvalue weighted by Gasteiger charge is 2.18. The van der Waals surface area contributed by atoms with Gasteiger partial charge in [-0.3, -0.25) is 4.90 Å². The molecule has 100 valence electrons. The summed E-state index contributed by atoms with van der Waals surface area (Å²) in [6.45, 7) is 5.46. The van der Waals surface area contributed by atoms with Crippen LogP contribution in [0.25, 0.3) is 0 Å². The lowest BCUT2D eigenvalue weighted by Crippen LogP contribution is -2.36. The van der Waals surface area contributed by atoms with Crippen molar-refractivity contribution in [1.82, 2.24) is 10.2 Å². The van der Waals surface area contributed by atoms with Gasteiger partial charge < -0.3 is 5.32 Å². The van der Waals surface area contributed by atoms with Crippen LogP contribution in [0.15, 0.2) is 18.2 Å². The summed E-state index contributed by atoms with van der Waals surface area (Å²) in [5.41, 5.74) is 0.451. The van der Waals surface area contributed by atoms with Gasteiger partial charge in [0.05, 0.1) is 0 Å². The van der Waals surface area contributed by atoms with E-state index in [9.17, 15) is 8.78 Å². The Balaban J connectivity index is 2.05. The molecule has 1 aliphatic heterocycles. The fourth-order valence-corrected chi connectivity index (χ4v) is 2.40. The average Bonchev–Trinajstić information content (AvgIpc) is 2.60. The van der Waals surface area contributed by atoms with Crippen LogP contribution >= 0.6 is 0 Å². The molecule has 0 aromatic heterocycles. The number of benzene rings is 1. The normalized spacial score (nSPS) is 21.8. The third-order valence-electron chi connectivity index (χ3n) is 3.48. The van der Waals surface area contributed by atoms with Crippen LogP contribution in [0.5, 0.6) is 0 Å². The first kappa shape index (κ1) is 13.4. The summed E-state index contributed by atoms with van der Waals surface area (Å²) >= 11 is 0. The Morgan fingerprint density at radius 3 is 3.00 bits per heavy atom. The van der Waals surface area contributed by atoms with Gasteiger partial charge in [0, 0.05) is 24.7 Å². The van der Waals surface area contributed by atoms with Crippen LogP contribution in [0.3, 0.4) is 0 Å². The Hall–Kier alpha value is -1.00. The van der Waals surface area contributed by atoms with Crippen molar-refractivity contribution in [3.8, 4) is 0 Å². The molecule has 1 saturated heterocycles. The molecular formula is C14H20F2N2. The number of halogens is 2. The standard InChI is InChI=1S/C14H20F2N2/c1-2-12-10-18(8-4-7-17-12)9-11-5-3-6-13(15)14(11)16/h3,5-6,12,17H,2,4,7-10H2,1H3. The summed E-state index contributed by atoms with van der Waals surface area (Å²) in [7, 11) is 0. The second-order valence-electron chi connectivity index (χ2n) is 4.86. The molecule has 18 heavy (non-hydrogen) atoms. The predicted octanol–water partition coefficient (Wildman–Crippen LogP) is 2.54. The van der Waals surface area contributed by atoms with Crippen molar-refractivity contribution < 1.29 is 8.78 Å². The van der Waals surface area contributed by atoms with Gasteiger partial charge in [0.25, 0.3) is 0 Å². The lowest BCUT2D eigenvalue weighted by molar-refractivity contribution is 0.253. The molecule has 1 atom stereocenters. The minimum absolute atomic E-state index is 0.448. The molecule has 0 amide bonds. The van der Waals surface area contributed by atoms with Gasteiger partial charge in [-0.05, 0) is 32.0 Å². The summed E-state index contributed by atoms with van der Waals surface area (Å²) in [4.78, 5) is 2.20. The zero-order valence-corrected chi connectivity index (χ0v) is 10.8. The van der Waals surface area contributed by atoms with Crippen molar-refractivity contribution in [2.24, 2.45) is 0 Å². The Kier molecular flexibility index (Phi) is 4.66. The molecule has 1 N–H and O–H groups in total. The zero-order chi connectivity index (χ0) is 13.0. The molecule has 0 radical (unpaired) electrons. The van der Waals surface area contributed by atoms with Crippen molar-refractivity contribution in [1.29, 1.82) is 0 Å². The maximum absolute atomic E-state index is 13.6. The lowest BCUT2D eigenvalue weighted by Gasteiger charge is -2.23. The summed E-state index contributed by atoms with van der Waals surface area (Å²) < 4.78 is 26.8. The van der Waals surface area contributed by atoms with E-state index in [0.717, 1.165) is 38.5 Å². The Morgan fingerprint density at radius 2 is 2.22 bits per heavy atom. The molecule has 1 aliphatic rings. The summed E-state index contributed by atoms with van der Waals surface area (Å²) in [5.74, 6) is -1.46. The van der Waals surface area contributed by atoms with Crippen molar-refractivity contribution in [3.63, 3.8) is 0 Å². The first-order valence-electron chi connectivity index (χ1n) is 6.59. The maximum atomic E-state index is 13.6. The molecule has 2 rings (SSSR count). The molecule has 0 bridgehead atoms. The van der Waals surface area contributed by atoms with Crippen molar-refractivity contribution in [2.75, 3.05) is 19.6 Å². The topological polar surface area (TPSA) is 15.3 Å². The molecule has 0 aliphatic carbocycles. The highest BCUT2D eigenvalue weighted by atomic mass is 19.2. The Bertz CT molecular complexity index is 395. The highest BCUT2D eigenvalue weighted by molar-refractivity contribution is 5.18. The maximum Gasteiger partial charge on any atom is 0.163 e. The van der Waals surface area contributed by atoms with Crippen LogP contribution in [0, 0.1) is 11.6 Å². The largest absolute Gasteiger partial charge is 0.313 e. The molecule has 1 aromatic rings. The summed E-state index contributed by atoms with van der Waals surface area (Å²) in [6, 6.07) is 4.85. The van der Waals surface area contributed by atoms with E-state index in [-0.39, 0.29) is 0 Å². The van der Waals surface area contributed by atoms with Crippen LogP contribution in [0.2, 0.25) is 0 Å². The fraction of sp³-hybridized carbons (Fsp3) is 0.571. The van der Waals surface area contributed by atoms with E-state index in [2.05, 4.69) is 17.1 Å². The van der Waals surface area contributed by atoms with Gasteiger partial charge in [-0.25, -0.2) is 8.78 Å². The minimum atomic E-state index is -0.757. The molecular weight excluding hydrogens is 234 g/mol. The van der Waals surface area contributed by atoms with Gasteiger partial charge in [0.1, 0.15) is 0 Å². The van der Waals surface area contributed by atoms with E-state index >= 15 is 0 Å². The van der Waals surface area contributed by atoms with Gasteiger partial charge >= 0.3 is 0 Å². The quantitative estimate of drug-likeness (QED) is 0.891. The van der Waals surface area contributed by atoms with Crippen LogP contribution in [-0.4, -0.2) is 30.6 Å². The van der Waals surface area contributed by atoms with Crippen molar-refractivity contribution >= 4 is 0 Å². The third kappa shape index (κ3) is 3.27. The first-order valence-corrected chi connectivity index (χ1v) is 6.59. The molecule has 1 heterocycles. The monoisotopic (exact) mass is 254 g/mol. The van der Waals surface area contributed by atoms with E-state index in [1.807, 2.05) is 0 Å². The average molecular weight is 254 g/mol. The SMILES string of the molecule is CCC1CN(Cc2cccc(F)c2F)CCCN1. The van der Waals surface area contributed by atoms with Gasteiger partial charge in [0.2, 0.25) is 0 Å². The second kappa shape index (κ2) is 6.25. The van der Waals surface area contributed by atoms with Gasteiger partial charge in [0.15, 0.2) is 11.6 Å². The molecule has 1 fully saturated rings. The van der Waals surface area contributed by atoms with E-state index in [4.69, 9.17) is 0 Å². The number of hydrogen-bond acceptors (Lipinski definition) is 2. The number of rotatable bonds is 3. The lowest BCUT2D eigenvalue weighted by atomic mass is 10.1. The van der Waals surface area contributed by atoms with E-state index in [0.29, 0.717) is 18.2 Å². The van der Waals surface area contributed by atoms with Crippen LogP contribution in [0.4, 0.5) is 8.78 Å². The third-order valence-corrected chi connectivity index (χ3v) is 3.48. The van der Waals surface area contributed by atoms with E-state index in [1.54, 1.807) is 12.1 Å². The predicted molar refractivity (Wildman–Crippen MR) is 68.3 cm³/mol. The molecule has 1 aromatic carbocycles. The van der Waals surface area contributed by atoms with Gasteiger partial charge in [-0.2, -0.15) is 0 Å². The fourth-order valence-electron chi connectivity index (χ4n) is 2.40. The molecule has 4 heteroatoms. The van der Waals surface area contributed by atoms with Gasteiger partial charge in [-0.15, -0.1) is 0 Å². The smallest absolute Gasteiger partial charge is 0.163 e. The number of nitrogens with zero attached hydrogens (tertiary/aromatic N) is 1. The summed E-state index contributed by atoms with van der Waals surface area (Å²) in [5, 5.41) is 3.46. The minimum Gasteiger partial charge on any atom is -0.313 e. The summed E-state index contributed by atoms with van der Waals surface area (Å²) in [6.07, 6.45) is 2.11. The Morgan fingerprint density at radius 1 is 1.39 bits per heavy atom. The van der Waals surface area contributed by atoms with Crippen molar-refractivity contribution in [3.05, 3.63) is 35.4 Å². The van der Waals surface area contributed by atoms with Crippen LogP contribution < -0.4 is 5.32 Å². The molecule has 0 saturated carbocycles. The van der Waals surface area contributed by atoms with Crippen LogP contribution in [-0.2, 0) is 6.54 Å². The van der Waals surface area contributed by atoms with E-state index in [1.165, 1.54) is 0 Å². The number of hydrogen-bond donors (Lipinski definition) is 1. The number of nitrogens with one attached hydrogen (secondary N) is 1. The van der Waals surface area contributed by atoms with Crippen LogP contribution in [0.1, 0.15) is 25.3 Å². The Labute approximate surface area is 107 Å². The molecule has 1 unspecified atom stereocenters. The molecule has 0 spiro atoms.